The van der Waals surface area contributed by atoms with Gasteiger partial charge in [0.1, 0.15) is 12.4 Å². The van der Waals surface area contributed by atoms with Gasteiger partial charge in [0, 0.05) is 19.6 Å². The number of fused-ring (bicyclic) bond motifs is 1. The van der Waals surface area contributed by atoms with Gasteiger partial charge in [0.15, 0.2) is 0 Å². The summed E-state index contributed by atoms with van der Waals surface area (Å²) in [6, 6.07) is 8.10. The lowest BCUT2D eigenvalue weighted by molar-refractivity contribution is 0.0269. The van der Waals surface area contributed by atoms with Crippen molar-refractivity contribution < 1.29 is 9.53 Å². The molecule has 1 saturated carbocycles. The molecule has 162 valence electrons. The molecule has 0 radical (unpaired) electrons. The van der Waals surface area contributed by atoms with Gasteiger partial charge >= 0.3 is 6.03 Å². The van der Waals surface area contributed by atoms with Crippen molar-refractivity contribution in [1.29, 1.82) is 0 Å². The minimum absolute atomic E-state index is 0.00960. The Labute approximate surface area is 181 Å². The Bertz CT molecular complexity index is 764. The summed E-state index contributed by atoms with van der Waals surface area (Å²) in [7, 11) is 0. The summed E-state index contributed by atoms with van der Waals surface area (Å²) in [4.78, 5) is 17.7. The molecule has 0 bridgehead atoms. The van der Waals surface area contributed by atoms with Crippen LogP contribution in [0.3, 0.4) is 0 Å². The number of terminal acetylenes is 1. The van der Waals surface area contributed by atoms with Crippen molar-refractivity contribution >= 4 is 6.03 Å². The Kier molecular flexibility index (Phi) is 6.84. The van der Waals surface area contributed by atoms with Gasteiger partial charge in [-0.2, -0.15) is 0 Å². The van der Waals surface area contributed by atoms with E-state index in [-0.39, 0.29) is 18.2 Å². The number of hydrogen-bond donors (Lipinski definition) is 1. The number of carbonyl (C=O) groups excluding carboxylic acids is 1. The number of nitrogens with zero attached hydrogens (tertiary/aromatic N) is 2. The van der Waals surface area contributed by atoms with E-state index < -0.39 is 0 Å². The first-order valence-electron chi connectivity index (χ1n) is 11.7. The van der Waals surface area contributed by atoms with Gasteiger partial charge in [0.2, 0.25) is 0 Å². The summed E-state index contributed by atoms with van der Waals surface area (Å²) in [5.41, 5.74) is 1.09. The number of urea groups is 1. The summed E-state index contributed by atoms with van der Waals surface area (Å²) < 4.78 is 5.55. The lowest BCUT2D eigenvalue weighted by atomic mass is 9.74. The first kappa shape index (κ1) is 21.1. The van der Waals surface area contributed by atoms with Crippen LogP contribution in [0.4, 0.5) is 4.79 Å². The van der Waals surface area contributed by atoms with E-state index in [1.807, 2.05) is 23.1 Å². The number of amides is 2. The lowest BCUT2D eigenvalue weighted by Crippen LogP contribution is -2.63. The molecular weight excluding hydrogens is 374 g/mol. The monoisotopic (exact) mass is 409 g/mol. The fraction of sp³-hybridized carbons (Fsp3) is 0.640. The Morgan fingerprint density at radius 1 is 1.17 bits per heavy atom. The normalized spacial score (nSPS) is 25.8. The summed E-state index contributed by atoms with van der Waals surface area (Å²) in [5.74, 6) is 3.88. The highest BCUT2D eigenvalue weighted by Crippen LogP contribution is 2.42. The highest BCUT2D eigenvalue weighted by molar-refractivity contribution is 5.77. The molecule has 5 heteroatoms. The molecule has 2 saturated heterocycles. The topological polar surface area (TPSA) is 44.8 Å². The predicted molar refractivity (Wildman–Crippen MR) is 119 cm³/mol. The molecule has 5 nitrogen and oxygen atoms in total. The van der Waals surface area contributed by atoms with Crippen LogP contribution >= 0.6 is 0 Å². The van der Waals surface area contributed by atoms with Crippen LogP contribution in [0.25, 0.3) is 0 Å². The summed E-state index contributed by atoms with van der Waals surface area (Å²) in [6.45, 7) is 3.32. The van der Waals surface area contributed by atoms with E-state index in [1.165, 1.54) is 51.4 Å². The van der Waals surface area contributed by atoms with Crippen LogP contribution in [-0.4, -0.2) is 47.7 Å². The fourth-order valence-corrected chi connectivity index (χ4v) is 5.68. The lowest BCUT2D eigenvalue weighted by Gasteiger charge is -2.50. The number of hydrogen-bond acceptors (Lipinski definition) is 3. The predicted octanol–water partition coefficient (Wildman–Crippen LogP) is 4.38. The van der Waals surface area contributed by atoms with Crippen molar-refractivity contribution in [3.05, 3.63) is 29.8 Å². The van der Waals surface area contributed by atoms with Gasteiger partial charge in [-0.1, -0.05) is 56.6 Å². The van der Waals surface area contributed by atoms with Crippen molar-refractivity contribution in [2.75, 3.05) is 26.4 Å². The molecule has 2 heterocycles. The van der Waals surface area contributed by atoms with Crippen LogP contribution in [0.1, 0.15) is 63.4 Å². The van der Waals surface area contributed by atoms with Crippen LogP contribution in [0.5, 0.6) is 5.75 Å². The maximum Gasteiger partial charge on any atom is 0.321 e. The molecule has 1 aliphatic carbocycles. The second-order valence-corrected chi connectivity index (χ2v) is 9.11. The van der Waals surface area contributed by atoms with Gasteiger partial charge in [-0.3, -0.25) is 5.32 Å². The van der Waals surface area contributed by atoms with Gasteiger partial charge in [0.05, 0.1) is 12.2 Å². The van der Waals surface area contributed by atoms with E-state index in [0.717, 1.165) is 30.8 Å². The van der Waals surface area contributed by atoms with Crippen LogP contribution in [0.2, 0.25) is 0 Å². The molecule has 0 spiro atoms. The maximum absolute atomic E-state index is 13.5. The van der Waals surface area contributed by atoms with E-state index in [9.17, 15) is 4.79 Å². The van der Waals surface area contributed by atoms with Crippen molar-refractivity contribution in [1.82, 2.24) is 15.1 Å². The molecule has 3 fully saturated rings. The average molecular weight is 410 g/mol. The molecule has 4 rings (SSSR count). The van der Waals surface area contributed by atoms with Gasteiger partial charge in [-0.25, -0.2) is 4.79 Å². The highest BCUT2D eigenvalue weighted by Gasteiger charge is 2.52. The van der Waals surface area contributed by atoms with Crippen molar-refractivity contribution in [3.8, 4) is 18.1 Å². The van der Waals surface area contributed by atoms with Gasteiger partial charge in [-0.15, -0.1) is 6.42 Å². The molecule has 1 aromatic carbocycles. The SMILES string of the molecule is C#CCOc1cccc(CN2CCC3(C4CCCCCCCC4)CNCN3C2=O)c1. The minimum Gasteiger partial charge on any atom is -0.481 e. The van der Waals surface area contributed by atoms with Gasteiger partial charge < -0.3 is 14.5 Å². The van der Waals surface area contributed by atoms with Crippen LogP contribution in [-0.2, 0) is 6.54 Å². The maximum atomic E-state index is 13.5. The van der Waals surface area contributed by atoms with E-state index in [1.54, 1.807) is 0 Å². The van der Waals surface area contributed by atoms with Crippen LogP contribution in [0.15, 0.2) is 24.3 Å². The summed E-state index contributed by atoms with van der Waals surface area (Å²) in [5, 5.41) is 3.54. The number of rotatable bonds is 5. The molecule has 1 N–H and O–H groups in total. The Morgan fingerprint density at radius 3 is 2.70 bits per heavy atom. The number of benzene rings is 1. The van der Waals surface area contributed by atoms with Gasteiger partial charge in [0.25, 0.3) is 0 Å². The molecule has 1 unspecified atom stereocenters. The van der Waals surface area contributed by atoms with E-state index >= 15 is 0 Å². The summed E-state index contributed by atoms with van der Waals surface area (Å²) >= 11 is 0. The van der Waals surface area contributed by atoms with Crippen molar-refractivity contribution in [2.45, 2.75) is 69.9 Å². The summed E-state index contributed by atoms with van der Waals surface area (Å²) in [6.07, 6.45) is 16.9. The quantitative estimate of drug-likeness (QED) is 0.734. The standard InChI is InChI=1S/C25H35N3O2/c1-2-16-30-23-13-9-10-21(17-23)18-27-15-14-25(19-26-20-28(25)24(27)29)22-11-7-5-3-4-6-8-12-22/h1,9-10,13,17,22,26H,3-8,11-12,14-16,18-20H2. The van der Waals surface area contributed by atoms with E-state index in [4.69, 9.17) is 11.2 Å². The second-order valence-electron chi connectivity index (χ2n) is 9.11. The minimum atomic E-state index is 0.00960. The van der Waals surface area contributed by atoms with E-state index in [2.05, 4.69) is 22.2 Å². The Morgan fingerprint density at radius 2 is 1.93 bits per heavy atom. The zero-order valence-corrected chi connectivity index (χ0v) is 18.1. The van der Waals surface area contributed by atoms with Crippen LogP contribution in [0, 0.1) is 18.3 Å². The third kappa shape index (κ3) is 4.44. The molecule has 30 heavy (non-hydrogen) atoms. The third-order valence-electron chi connectivity index (χ3n) is 7.26. The van der Waals surface area contributed by atoms with Crippen LogP contribution < -0.4 is 10.1 Å². The molecule has 2 amide bonds. The van der Waals surface area contributed by atoms with Crippen molar-refractivity contribution in [3.63, 3.8) is 0 Å². The molecule has 1 aromatic rings. The number of carbonyl (C=O) groups is 1. The second kappa shape index (κ2) is 9.75. The Hall–Kier alpha value is -2.19. The fourth-order valence-electron chi connectivity index (χ4n) is 5.68. The van der Waals surface area contributed by atoms with E-state index in [0.29, 0.717) is 19.1 Å². The highest BCUT2D eigenvalue weighted by atomic mass is 16.5. The largest absolute Gasteiger partial charge is 0.481 e. The zero-order valence-electron chi connectivity index (χ0n) is 18.1. The molecule has 3 aliphatic rings. The first-order valence-corrected chi connectivity index (χ1v) is 11.7. The number of nitrogens with one attached hydrogen (secondary N) is 1. The first-order chi connectivity index (χ1) is 14.7. The molecule has 1 atom stereocenters. The zero-order chi connectivity index (χ0) is 20.8. The number of ether oxygens (including phenoxy) is 1. The molecule has 0 aromatic heterocycles. The van der Waals surface area contributed by atoms with Gasteiger partial charge in [-0.05, 0) is 42.9 Å². The average Bonchev–Trinajstić information content (AvgIpc) is 3.25. The molecular formula is C25H35N3O2. The Balaban J connectivity index is 1.46. The smallest absolute Gasteiger partial charge is 0.321 e. The third-order valence-corrected chi connectivity index (χ3v) is 7.26. The van der Waals surface area contributed by atoms with Crippen molar-refractivity contribution in [2.24, 2.45) is 5.92 Å². The molecule has 2 aliphatic heterocycles.